The minimum absolute atomic E-state index is 0.0199. The Kier molecular flexibility index (Phi) is 8.66. The van der Waals surface area contributed by atoms with Crippen LogP contribution < -0.4 is 0 Å². The van der Waals surface area contributed by atoms with Crippen LogP contribution in [0.3, 0.4) is 0 Å². The smallest absolute Gasteiger partial charge is 0.323 e. The first-order valence-corrected chi connectivity index (χ1v) is 14.8. The predicted molar refractivity (Wildman–Crippen MR) is 137 cm³/mol. The molecule has 2 fully saturated rings. The molecule has 0 spiro atoms. The molecule has 2 aliphatic rings. The number of carbonyl (C=O) groups is 1. The zero-order chi connectivity index (χ0) is 30.3. The zero-order valence-corrected chi connectivity index (χ0v) is 23.2. The Balaban J connectivity index is 1.60. The van der Waals surface area contributed by atoms with Crippen molar-refractivity contribution in [2.24, 2.45) is 0 Å². The summed E-state index contributed by atoms with van der Waals surface area (Å²) >= 11 is 0. The van der Waals surface area contributed by atoms with Crippen molar-refractivity contribution in [3.8, 4) is 0 Å². The van der Waals surface area contributed by atoms with E-state index in [0.29, 0.717) is 49.2 Å². The number of benzene rings is 2. The standard InChI is InChI=1S/C27H30F7N3O3S/c1-17-11-21(28)3-4-23(17)24-15-22(36-7-9-41(39,40)10-8-36)5-6-37(24)25(38)35(2)16-18-12-19(26(29,30)31)14-20(13-18)27(32,33)34/h3-4,11-14,22,24H,5-10,15-16H2,1-2H3/t22-,24+/m0/s1. The quantitative estimate of drug-likeness (QED) is 0.420. The van der Waals surface area contributed by atoms with Crippen molar-refractivity contribution < 1.29 is 43.9 Å². The van der Waals surface area contributed by atoms with Crippen molar-refractivity contribution in [3.05, 3.63) is 70.0 Å². The second-order valence-corrected chi connectivity index (χ2v) is 12.9. The van der Waals surface area contributed by atoms with Crippen molar-refractivity contribution in [2.45, 2.75) is 50.7 Å². The molecule has 0 radical (unpaired) electrons. The zero-order valence-electron chi connectivity index (χ0n) is 22.4. The minimum atomic E-state index is -5.01. The third kappa shape index (κ3) is 7.32. The van der Waals surface area contributed by atoms with Crippen molar-refractivity contribution in [3.63, 3.8) is 0 Å². The normalized spacial score (nSPS) is 22.0. The van der Waals surface area contributed by atoms with Crippen molar-refractivity contribution in [1.29, 1.82) is 0 Å². The first-order valence-electron chi connectivity index (χ1n) is 13.0. The lowest BCUT2D eigenvalue weighted by Crippen LogP contribution is -2.53. The van der Waals surface area contributed by atoms with E-state index < -0.39 is 57.8 Å². The highest BCUT2D eigenvalue weighted by molar-refractivity contribution is 7.91. The van der Waals surface area contributed by atoms with Gasteiger partial charge >= 0.3 is 18.4 Å². The van der Waals surface area contributed by atoms with E-state index in [0.717, 1.165) is 4.90 Å². The summed E-state index contributed by atoms with van der Waals surface area (Å²) < 4.78 is 118. The van der Waals surface area contributed by atoms with Gasteiger partial charge in [-0.1, -0.05) is 6.07 Å². The fraction of sp³-hybridized carbons (Fsp3) is 0.519. The van der Waals surface area contributed by atoms with Gasteiger partial charge in [0.2, 0.25) is 0 Å². The number of sulfone groups is 1. The lowest BCUT2D eigenvalue weighted by Gasteiger charge is -2.45. The van der Waals surface area contributed by atoms with Gasteiger partial charge in [0.1, 0.15) is 5.82 Å². The number of nitrogens with zero attached hydrogens (tertiary/aromatic N) is 3. The molecule has 4 rings (SSSR count). The van der Waals surface area contributed by atoms with Crippen LogP contribution in [-0.4, -0.2) is 73.4 Å². The van der Waals surface area contributed by atoms with E-state index in [1.807, 2.05) is 0 Å². The molecule has 0 N–H and O–H groups in total. The molecule has 0 saturated carbocycles. The minimum Gasteiger partial charge on any atom is -0.323 e. The van der Waals surface area contributed by atoms with Crippen LogP contribution in [0.2, 0.25) is 0 Å². The van der Waals surface area contributed by atoms with Gasteiger partial charge in [0.05, 0.1) is 28.7 Å². The van der Waals surface area contributed by atoms with Gasteiger partial charge in [0.25, 0.3) is 0 Å². The molecular weight excluding hydrogens is 579 g/mol. The molecule has 2 aromatic rings. The van der Waals surface area contributed by atoms with Gasteiger partial charge in [-0.2, -0.15) is 26.3 Å². The number of hydrogen-bond donors (Lipinski definition) is 0. The Hall–Kier alpha value is -2.87. The number of alkyl halides is 6. The molecule has 0 aromatic heterocycles. The highest BCUT2D eigenvalue weighted by Gasteiger charge is 2.40. The summed E-state index contributed by atoms with van der Waals surface area (Å²) in [6.07, 6.45) is -9.15. The van der Waals surface area contributed by atoms with Crippen LogP contribution in [0.4, 0.5) is 35.5 Å². The molecular formula is C27H30F7N3O3S. The van der Waals surface area contributed by atoms with E-state index in [2.05, 4.69) is 4.90 Å². The van der Waals surface area contributed by atoms with Crippen molar-refractivity contribution >= 4 is 15.9 Å². The highest BCUT2D eigenvalue weighted by Crippen LogP contribution is 2.38. The van der Waals surface area contributed by atoms with Crippen LogP contribution in [0, 0.1) is 12.7 Å². The summed E-state index contributed by atoms with van der Waals surface area (Å²) in [5, 5.41) is 0. The fourth-order valence-electron chi connectivity index (χ4n) is 5.58. The summed E-state index contributed by atoms with van der Waals surface area (Å²) in [5.41, 5.74) is -2.03. The summed E-state index contributed by atoms with van der Waals surface area (Å²) in [4.78, 5) is 18.3. The second kappa shape index (κ2) is 11.4. The maximum Gasteiger partial charge on any atom is 0.416 e. The predicted octanol–water partition coefficient (Wildman–Crippen LogP) is 5.66. The van der Waals surface area contributed by atoms with Crippen LogP contribution in [0.5, 0.6) is 0 Å². The van der Waals surface area contributed by atoms with Gasteiger partial charge in [0, 0.05) is 39.3 Å². The summed E-state index contributed by atoms with van der Waals surface area (Å²) in [6.45, 7) is 2.06. The summed E-state index contributed by atoms with van der Waals surface area (Å²) in [7, 11) is -1.82. The molecule has 226 valence electrons. The third-order valence-corrected chi connectivity index (χ3v) is 9.31. The van der Waals surface area contributed by atoms with Gasteiger partial charge in [-0.15, -0.1) is 0 Å². The first kappa shape index (κ1) is 31.1. The second-order valence-electron chi connectivity index (χ2n) is 10.6. The number of hydrogen-bond acceptors (Lipinski definition) is 4. The van der Waals surface area contributed by atoms with Gasteiger partial charge < -0.3 is 9.80 Å². The molecule has 0 aliphatic carbocycles. The number of likely N-dealkylation sites (tertiary alicyclic amines) is 1. The van der Waals surface area contributed by atoms with Gasteiger partial charge in [-0.05, 0) is 66.8 Å². The Morgan fingerprint density at radius 1 is 0.951 bits per heavy atom. The molecule has 2 atom stereocenters. The van der Waals surface area contributed by atoms with E-state index in [1.54, 1.807) is 13.0 Å². The molecule has 2 amide bonds. The molecule has 2 aliphatic heterocycles. The SMILES string of the molecule is Cc1cc(F)ccc1[C@H]1C[C@@H](N2CCS(=O)(=O)CC2)CCN1C(=O)N(C)Cc1cc(C(F)(F)F)cc(C(F)(F)F)c1. The number of urea groups is 1. The van der Waals surface area contributed by atoms with Crippen LogP contribution in [0.15, 0.2) is 36.4 Å². The average Bonchev–Trinajstić information content (AvgIpc) is 2.87. The van der Waals surface area contributed by atoms with E-state index in [1.165, 1.54) is 24.1 Å². The number of amides is 2. The maximum atomic E-state index is 13.9. The van der Waals surface area contributed by atoms with Crippen LogP contribution >= 0.6 is 0 Å². The van der Waals surface area contributed by atoms with E-state index in [9.17, 15) is 43.9 Å². The Labute approximate surface area is 233 Å². The largest absolute Gasteiger partial charge is 0.416 e. The molecule has 14 heteroatoms. The number of aryl methyl sites for hydroxylation is 1. The Morgan fingerprint density at radius 2 is 1.54 bits per heavy atom. The van der Waals surface area contributed by atoms with E-state index in [-0.39, 0.29) is 35.7 Å². The molecule has 0 bridgehead atoms. The summed E-state index contributed by atoms with van der Waals surface area (Å²) in [5.74, 6) is -0.433. The highest BCUT2D eigenvalue weighted by atomic mass is 32.2. The van der Waals surface area contributed by atoms with E-state index in [4.69, 9.17) is 0 Å². The number of halogens is 7. The fourth-order valence-corrected chi connectivity index (χ4v) is 6.81. The monoisotopic (exact) mass is 609 g/mol. The third-order valence-electron chi connectivity index (χ3n) is 7.70. The van der Waals surface area contributed by atoms with Gasteiger partial charge in [-0.25, -0.2) is 17.6 Å². The Morgan fingerprint density at radius 3 is 2.07 bits per heavy atom. The molecule has 0 unspecified atom stereocenters. The molecule has 2 heterocycles. The van der Waals surface area contributed by atoms with Crippen LogP contribution in [0.1, 0.15) is 46.7 Å². The molecule has 2 aromatic carbocycles. The first-order chi connectivity index (χ1) is 18.9. The van der Waals surface area contributed by atoms with Crippen molar-refractivity contribution in [1.82, 2.24) is 14.7 Å². The number of carbonyl (C=O) groups excluding carboxylic acids is 1. The molecule has 6 nitrogen and oxygen atoms in total. The van der Waals surface area contributed by atoms with Gasteiger partial charge in [-0.3, -0.25) is 4.90 Å². The lowest BCUT2D eigenvalue weighted by molar-refractivity contribution is -0.143. The Bertz CT molecular complexity index is 1350. The van der Waals surface area contributed by atoms with Crippen LogP contribution in [-0.2, 0) is 28.7 Å². The average molecular weight is 610 g/mol. The van der Waals surface area contributed by atoms with E-state index >= 15 is 0 Å². The topological polar surface area (TPSA) is 60.9 Å². The molecule has 41 heavy (non-hydrogen) atoms. The molecule has 2 saturated heterocycles. The van der Waals surface area contributed by atoms with Gasteiger partial charge in [0.15, 0.2) is 9.84 Å². The lowest BCUT2D eigenvalue weighted by atomic mass is 9.88. The van der Waals surface area contributed by atoms with Crippen LogP contribution in [0.25, 0.3) is 0 Å². The number of rotatable bonds is 4. The van der Waals surface area contributed by atoms with Crippen molar-refractivity contribution in [2.75, 3.05) is 38.2 Å². The summed E-state index contributed by atoms with van der Waals surface area (Å²) in [6, 6.07) is 4.10. The maximum absolute atomic E-state index is 13.9. The number of piperidine rings is 1.